The Morgan fingerprint density at radius 3 is 2.92 bits per heavy atom. The summed E-state index contributed by atoms with van der Waals surface area (Å²) in [6.07, 6.45) is 1.67. The van der Waals surface area contributed by atoms with E-state index in [1.165, 1.54) is 7.11 Å². The molecule has 6 nitrogen and oxygen atoms in total. The zero-order chi connectivity index (χ0) is 18.7. The van der Waals surface area contributed by atoms with E-state index in [2.05, 4.69) is 4.98 Å². The van der Waals surface area contributed by atoms with Crippen LogP contribution < -0.4 is 4.74 Å². The maximum Gasteiger partial charge on any atom is 0.252 e. The second kappa shape index (κ2) is 7.93. The lowest BCUT2D eigenvalue weighted by atomic mass is 10.0. The Bertz CT molecular complexity index is 791. The molecule has 0 bridgehead atoms. The molecule has 0 saturated heterocycles. The second-order valence-electron chi connectivity index (χ2n) is 6.09. The SMILES string of the molecule is CCC(OC)C(=O)N1CCOc2c(O)cc(-c3ccc(Cl)cn3)cc2C1. The number of carbonyl (C=O) groups is 1. The number of hydrogen-bond donors (Lipinski definition) is 1. The summed E-state index contributed by atoms with van der Waals surface area (Å²) in [4.78, 5) is 18.6. The zero-order valence-electron chi connectivity index (χ0n) is 14.7. The monoisotopic (exact) mass is 376 g/mol. The third-order valence-electron chi connectivity index (χ3n) is 4.38. The fourth-order valence-corrected chi connectivity index (χ4v) is 3.14. The van der Waals surface area contributed by atoms with Crippen LogP contribution in [-0.4, -0.2) is 47.3 Å². The number of pyridine rings is 1. The van der Waals surface area contributed by atoms with Crippen molar-refractivity contribution in [3.63, 3.8) is 0 Å². The zero-order valence-corrected chi connectivity index (χ0v) is 15.5. The van der Waals surface area contributed by atoms with Crippen LogP contribution in [0.2, 0.25) is 5.02 Å². The van der Waals surface area contributed by atoms with Crippen molar-refractivity contribution in [3.05, 3.63) is 41.0 Å². The number of aromatic nitrogens is 1. The van der Waals surface area contributed by atoms with Crippen molar-refractivity contribution in [2.75, 3.05) is 20.3 Å². The average Bonchev–Trinajstić information content (AvgIpc) is 2.86. The summed E-state index contributed by atoms with van der Waals surface area (Å²) in [6, 6.07) is 7.01. The largest absolute Gasteiger partial charge is 0.504 e. The first kappa shape index (κ1) is 18.5. The highest BCUT2D eigenvalue weighted by atomic mass is 35.5. The van der Waals surface area contributed by atoms with E-state index < -0.39 is 6.10 Å². The number of benzene rings is 1. The number of carbonyl (C=O) groups excluding carboxylic acids is 1. The summed E-state index contributed by atoms with van der Waals surface area (Å²) in [7, 11) is 1.53. The van der Waals surface area contributed by atoms with Crippen molar-refractivity contribution in [3.8, 4) is 22.8 Å². The van der Waals surface area contributed by atoms with E-state index in [-0.39, 0.29) is 11.7 Å². The number of aromatic hydroxyl groups is 1. The number of phenolic OH excluding ortho intramolecular Hbond substituents is 1. The molecule has 2 heterocycles. The summed E-state index contributed by atoms with van der Waals surface area (Å²) < 4.78 is 11.0. The van der Waals surface area contributed by atoms with Crippen molar-refractivity contribution in [2.24, 2.45) is 0 Å². The smallest absolute Gasteiger partial charge is 0.252 e. The van der Waals surface area contributed by atoms with Crippen LogP contribution in [0.4, 0.5) is 0 Å². The quantitative estimate of drug-likeness (QED) is 0.886. The summed E-state index contributed by atoms with van der Waals surface area (Å²) in [5, 5.41) is 10.9. The van der Waals surface area contributed by atoms with Gasteiger partial charge in [0.25, 0.3) is 5.91 Å². The molecule has 0 aliphatic carbocycles. The molecule has 26 heavy (non-hydrogen) atoms. The fraction of sp³-hybridized carbons (Fsp3) is 0.368. The maximum absolute atomic E-state index is 12.7. The Morgan fingerprint density at radius 1 is 1.46 bits per heavy atom. The van der Waals surface area contributed by atoms with Crippen LogP contribution in [0.15, 0.2) is 30.5 Å². The third-order valence-corrected chi connectivity index (χ3v) is 4.60. The molecule has 1 aliphatic rings. The van der Waals surface area contributed by atoms with Crippen molar-refractivity contribution in [2.45, 2.75) is 26.0 Å². The van der Waals surface area contributed by atoms with E-state index in [9.17, 15) is 9.90 Å². The molecule has 0 fully saturated rings. The van der Waals surface area contributed by atoms with Gasteiger partial charge in [-0.15, -0.1) is 0 Å². The minimum Gasteiger partial charge on any atom is -0.504 e. The van der Waals surface area contributed by atoms with Gasteiger partial charge < -0.3 is 19.5 Å². The van der Waals surface area contributed by atoms with Crippen LogP contribution in [0.1, 0.15) is 18.9 Å². The van der Waals surface area contributed by atoms with Crippen molar-refractivity contribution >= 4 is 17.5 Å². The van der Waals surface area contributed by atoms with Crippen molar-refractivity contribution < 1.29 is 19.4 Å². The lowest BCUT2D eigenvalue weighted by Gasteiger charge is -2.24. The van der Waals surface area contributed by atoms with Gasteiger partial charge in [0.15, 0.2) is 11.5 Å². The van der Waals surface area contributed by atoms with Crippen LogP contribution in [0.25, 0.3) is 11.3 Å². The van der Waals surface area contributed by atoms with Crippen molar-refractivity contribution in [1.29, 1.82) is 0 Å². The van der Waals surface area contributed by atoms with E-state index in [1.807, 2.05) is 13.0 Å². The summed E-state index contributed by atoms with van der Waals surface area (Å²) in [6.45, 7) is 2.99. The number of methoxy groups -OCH3 is 1. The molecule has 0 saturated carbocycles. The fourth-order valence-electron chi connectivity index (χ4n) is 3.03. The Morgan fingerprint density at radius 2 is 2.27 bits per heavy atom. The molecular weight excluding hydrogens is 356 g/mol. The number of phenols is 1. The number of nitrogens with zero attached hydrogens (tertiary/aromatic N) is 2. The molecule has 0 spiro atoms. The minimum atomic E-state index is -0.480. The average molecular weight is 377 g/mol. The van der Waals surface area contributed by atoms with E-state index >= 15 is 0 Å². The van der Waals surface area contributed by atoms with Gasteiger partial charge >= 0.3 is 0 Å². The number of fused-ring (bicyclic) bond motifs is 1. The van der Waals surface area contributed by atoms with Gasteiger partial charge in [0.1, 0.15) is 12.7 Å². The molecule has 1 aliphatic heterocycles. The van der Waals surface area contributed by atoms with Gasteiger partial charge in [-0.25, -0.2) is 0 Å². The Labute approximate surface area is 157 Å². The summed E-state index contributed by atoms with van der Waals surface area (Å²) in [5.41, 5.74) is 2.14. The number of hydrogen-bond acceptors (Lipinski definition) is 5. The number of ether oxygens (including phenoxy) is 2. The van der Waals surface area contributed by atoms with Gasteiger partial charge in [-0.1, -0.05) is 18.5 Å². The molecule has 2 aromatic rings. The first-order valence-corrected chi connectivity index (χ1v) is 8.83. The standard InChI is InChI=1S/C19H21ClN2O4/c1-3-17(25-2)19(24)22-6-7-26-18-13(11-22)8-12(9-16(18)23)15-5-4-14(20)10-21-15/h4-5,8-10,17,23H,3,6-7,11H2,1-2H3. The number of amides is 1. The van der Waals surface area contributed by atoms with Gasteiger partial charge in [0, 0.05) is 31.0 Å². The van der Waals surface area contributed by atoms with E-state index in [1.54, 1.807) is 29.3 Å². The highest BCUT2D eigenvalue weighted by molar-refractivity contribution is 6.30. The lowest BCUT2D eigenvalue weighted by molar-refractivity contribution is -0.142. The molecule has 1 atom stereocenters. The molecule has 0 radical (unpaired) electrons. The first-order chi connectivity index (χ1) is 12.5. The molecule has 7 heteroatoms. The molecule has 1 aromatic heterocycles. The molecule has 1 amide bonds. The van der Waals surface area contributed by atoms with Gasteiger partial charge in [-0.2, -0.15) is 0 Å². The van der Waals surface area contributed by atoms with Crippen LogP contribution in [0.3, 0.4) is 0 Å². The normalized spacial score (nSPS) is 15.0. The van der Waals surface area contributed by atoms with Crippen LogP contribution in [0, 0.1) is 0 Å². The highest BCUT2D eigenvalue weighted by Crippen LogP contribution is 2.37. The molecule has 1 N–H and O–H groups in total. The molecule has 138 valence electrons. The van der Waals surface area contributed by atoms with Crippen molar-refractivity contribution in [1.82, 2.24) is 9.88 Å². The minimum absolute atomic E-state index is 0.0299. The summed E-state index contributed by atoms with van der Waals surface area (Å²) in [5.74, 6) is 0.353. The number of halogens is 1. The summed E-state index contributed by atoms with van der Waals surface area (Å²) >= 11 is 5.89. The predicted molar refractivity (Wildman–Crippen MR) is 98.3 cm³/mol. The van der Waals surface area contributed by atoms with Crippen LogP contribution in [-0.2, 0) is 16.1 Å². The van der Waals surface area contributed by atoms with Gasteiger partial charge in [-0.05, 0) is 30.7 Å². The van der Waals surface area contributed by atoms with Gasteiger partial charge in [0.05, 0.1) is 17.3 Å². The maximum atomic E-state index is 12.7. The molecular formula is C19H21ClN2O4. The molecule has 1 aromatic carbocycles. The van der Waals surface area contributed by atoms with Crippen LogP contribution >= 0.6 is 11.6 Å². The van der Waals surface area contributed by atoms with E-state index in [0.717, 1.165) is 11.1 Å². The number of rotatable bonds is 4. The Hall–Kier alpha value is -2.31. The topological polar surface area (TPSA) is 71.9 Å². The van der Waals surface area contributed by atoms with E-state index in [0.29, 0.717) is 42.6 Å². The van der Waals surface area contributed by atoms with Gasteiger partial charge in [-0.3, -0.25) is 9.78 Å². The second-order valence-corrected chi connectivity index (χ2v) is 6.52. The Balaban J connectivity index is 1.94. The van der Waals surface area contributed by atoms with Crippen LogP contribution in [0.5, 0.6) is 11.5 Å². The van der Waals surface area contributed by atoms with E-state index in [4.69, 9.17) is 21.1 Å². The first-order valence-electron chi connectivity index (χ1n) is 8.45. The predicted octanol–water partition coefficient (Wildman–Crippen LogP) is 3.25. The highest BCUT2D eigenvalue weighted by Gasteiger charge is 2.27. The molecule has 1 unspecified atom stereocenters. The van der Waals surface area contributed by atoms with Gasteiger partial charge in [0.2, 0.25) is 0 Å². The Kier molecular flexibility index (Phi) is 5.64. The lowest BCUT2D eigenvalue weighted by Crippen LogP contribution is -2.40. The molecule has 3 rings (SSSR count). The third kappa shape index (κ3) is 3.76.